The Kier molecular flexibility index (Phi) is 3.68. The van der Waals surface area contributed by atoms with Crippen molar-refractivity contribution in [3.8, 4) is 16.9 Å². The van der Waals surface area contributed by atoms with E-state index in [9.17, 15) is 8.78 Å². The van der Waals surface area contributed by atoms with Gasteiger partial charge in [-0.1, -0.05) is 23.4 Å². The second-order valence-corrected chi connectivity index (χ2v) is 4.92. The molecule has 3 rings (SSSR count). The first-order valence-electron chi connectivity index (χ1n) is 6.78. The monoisotopic (exact) mass is 300 g/mol. The largest absolute Gasteiger partial charge is 0.325 e. The zero-order chi connectivity index (χ0) is 15.7. The van der Waals surface area contributed by atoms with E-state index in [2.05, 4.69) is 10.3 Å². The number of nitrogens with zero attached hydrogens (tertiary/aromatic N) is 3. The summed E-state index contributed by atoms with van der Waals surface area (Å²) in [6, 6.07) is 11.3. The fraction of sp³-hybridized carbons (Fsp3) is 0.125. The van der Waals surface area contributed by atoms with Gasteiger partial charge in [-0.05, 0) is 36.8 Å². The minimum atomic E-state index is -0.919. The smallest absolute Gasteiger partial charge is 0.159 e. The molecule has 3 aromatic rings. The second kappa shape index (κ2) is 5.65. The molecule has 0 radical (unpaired) electrons. The fourth-order valence-corrected chi connectivity index (χ4v) is 2.35. The van der Waals surface area contributed by atoms with Crippen LogP contribution in [0.2, 0.25) is 0 Å². The van der Waals surface area contributed by atoms with E-state index in [1.807, 2.05) is 31.2 Å². The number of rotatable bonds is 3. The lowest BCUT2D eigenvalue weighted by Gasteiger charge is -2.10. The molecule has 0 spiro atoms. The van der Waals surface area contributed by atoms with Crippen molar-refractivity contribution in [2.75, 3.05) is 0 Å². The minimum Gasteiger partial charge on any atom is -0.325 e. The van der Waals surface area contributed by atoms with Crippen LogP contribution in [0.1, 0.15) is 11.3 Å². The highest BCUT2D eigenvalue weighted by Crippen LogP contribution is 2.27. The maximum absolute atomic E-state index is 13.6. The van der Waals surface area contributed by atoms with Crippen molar-refractivity contribution in [3.63, 3.8) is 0 Å². The number of hydrogen-bond donors (Lipinski definition) is 1. The second-order valence-electron chi connectivity index (χ2n) is 4.92. The summed E-state index contributed by atoms with van der Waals surface area (Å²) >= 11 is 0. The molecule has 22 heavy (non-hydrogen) atoms. The molecule has 112 valence electrons. The first kappa shape index (κ1) is 14.3. The van der Waals surface area contributed by atoms with Crippen molar-refractivity contribution >= 4 is 0 Å². The maximum atomic E-state index is 13.6. The van der Waals surface area contributed by atoms with Crippen molar-refractivity contribution in [3.05, 3.63) is 65.4 Å². The first-order valence-corrected chi connectivity index (χ1v) is 6.78. The molecule has 0 aliphatic carbocycles. The molecular formula is C16H14F2N4. The highest BCUT2D eigenvalue weighted by Gasteiger charge is 2.17. The van der Waals surface area contributed by atoms with E-state index < -0.39 is 11.6 Å². The Morgan fingerprint density at radius 1 is 1.09 bits per heavy atom. The van der Waals surface area contributed by atoms with Crippen LogP contribution in [0, 0.1) is 18.6 Å². The van der Waals surface area contributed by atoms with Crippen molar-refractivity contribution in [1.29, 1.82) is 0 Å². The Bertz CT molecular complexity index is 827. The average molecular weight is 300 g/mol. The number of para-hydroxylation sites is 1. The predicted octanol–water partition coefficient (Wildman–Crippen LogP) is 2.98. The molecule has 2 N–H and O–H groups in total. The molecule has 0 atom stereocenters. The van der Waals surface area contributed by atoms with Gasteiger partial charge in [0.05, 0.1) is 11.4 Å². The van der Waals surface area contributed by atoms with Crippen LogP contribution in [0.4, 0.5) is 8.78 Å². The molecule has 0 unspecified atom stereocenters. The summed E-state index contributed by atoms with van der Waals surface area (Å²) in [7, 11) is 0. The normalized spacial score (nSPS) is 10.9. The van der Waals surface area contributed by atoms with E-state index in [0.717, 1.165) is 23.4 Å². The lowest BCUT2D eigenvalue weighted by molar-refractivity contribution is 0.509. The first-order chi connectivity index (χ1) is 10.6. The molecule has 0 bridgehead atoms. The molecule has 1 aromatic heterocycles. The van der Waals surface area contributed by atoms with E-state index in [1.165, 1.54) is 6.07 Å². The van der Waals surface area contributed by atoms with Gasteiger partial charge in [0.1, 0.15) is 5.69 Å². The zero-order valence-corrected chi connectivity index (χ0v) is 11.9. The Morgan fingerprint density at radius 2 is 1.86 bits per heavy atom. The van der Waals surface area contributed by atoms with Crippen LogP contribution >= 0.6 is 0 Å². The minimum absolute atomic E-state index is 0.153. The number of aromatic nitrogens is 3. The van der Waals surface area contributed by atoms with Gasteiger partial charge in [-0.3, -0.25) is 0 Å². The summed E-state index contributed by atoms with van der Waals surface area (Å²) in [5.74, 6) is -1.81. The number of halogens is 2. The summed E-state index contributed by atoms with van der Waals surface area (Å²) in [5.41, 5.74) is 9.07. The third-order valence-electron chi connectivity index (χ3n) is 3.47. The van der Waals surface area contributed by atoms with Gasteiger partial charge in [0.2, 0.25) is 0 Å². The predicted molar refractivity (Wildman–Crippen MR) is 79.3 cm³/mol. The number of aryl methyl sites for hydroxylation is 1. The Hall–Kier alpha value is -2.60. The van der Waals surface area contributed by atoms with Gasteiger partial charge >= 0.3 is 0 Å². The van der Waals surface area contributed by atoms with Crippen LogP contribution in [0.3, 0.4) is 0 Å². The molecule has 2 aromatic carbocycles. The molecule has 0 fully saturated rings. The molecule has 4 nitrogen and oxygen atoms in total. The molecule has 0 aliphatic heterocycles. The van der Waals surface area contributed by atoms with Crippen molar-refractivity contribution in [1.82, 2.24) is 15.0 Å². The molecule has 0 aliphatic rings. The molecule has 1 heterocycles. The third kappa shape index (κ3) is 2.37. The van der Waals surface area contributed by atoms with E-state index in [4.69, 9.17) is 5.73 Å². The quantitative estimate of drug-likeness (QED) is 0.809. The summed E-state index contributed by atoms with van der Waals surface area (Å²) in [4.78, 5) is 0. The lowest BCUT2D eigenvalue weighted by Crippen LogP contribution is -2.04. The maximum Gasteiger partial charge on any atom is 0.159 e. The number of nitrogens with two attached hydrogens (primary N) is 1. The SMILES string of the molecule is Cc1ccccc1-n1nnc(CN)c1-c1ccc(F)c(F)c1. The van der Waals surface area contributed by atoms with Crippen LogP contribution < -0.4 is 5.73 Å². The fourth-order valence-electron chi connectivity index (χ4n) is 2.35. The van der Waals surface area contributed by atoms with Gasteiger partial charge in [0.15, 0.2) is 11.6 Å². The van der Waals surface area contributed by atoms with Crippen LogP contribution in [0.15, 0.2) is 42.5 Å². The highest BCUT2D eigenvalue weighted by atomic mass is 19.2. The van der Waals surface area contributed by atoms with Crippen LogP contribution in [-0.4, -0.2) is 15.0 Å². The summed E-state index contributed by atoms with van der Waals surface area (Å²) in [6.07, 6.45) is 0. The molecule has 6 heteroatoms. The van der Waals surface area contributed by atoms with Crippen molar-refractivity contribution in [2.24, 2.45) is 5.73 Å². The van der Waals surface area contributed by atoms with Gasteiger partial charge in [0.25, 0.3) is 0 Å². The Balaban J connectivity index is 2.24. The van der Waals surface area contributed by atoms with E-state index >= 15 is 0 Å². The standard InChI is InChI=1S/C16H14F2N4/c1-10-4-2-3-5-15(10)22-16(14(9-19)20-21-22)11-6-7-12(17)13(18)8-11/h2-8H,9,19H2,1H3. The van der Waals surface area contributed by atoms with Gasteiger partial charge < -0.3 is 5.73 Å². The molecular weight excluding hydrogens is 286 g/mol. The Labute approximate surface area is 126 Å². The summed E-state index contributed by atoms with van der Waals surface area (Å²) < 4.78 is 28.3. The van der Waals surface area contributed by atoms with Crippen LogP contribution in [-0.2, 0) is 6.54 Å². The van der Waals surface area contributed by atoms with Gasteiger partial charge in [-0.15, -0.1) is 5.10 Å². The van der Waals surface area contributed by atoms with Crippen molar-refractivity contribution < 1.29 is 8.78 Å². The molecule has 0 saturated carbocycles. The average Bonchev–Trinajstić information content (AvgIpc) is 2.94. The number of benzene rings is 2. The van der Waals surface area contributed by atoms with E-state index in [0.29, 0.717) is 17.0 Å². The van der Waals surface area contributed by atoms with Crippen LogP contribution in [0.5, 0.6) is 0 Å². The molecule has 0 amide bonds. The summed E-state index contributed by atoms with van der Waals surface area (Å²) in [6.45, 7) is 2.09. The number of hydrogen-bond acceptors (Lipinski definition) is 3. The van der Waals surface area contributed by atoms with Gasteiger partial charge in [0, 0.05) is 12.1 Å². The highest BCUT2D eigenvalue weighted by molar-refractivity contribution is 5.65. The van der Waals surface area contributed by atoms with Crippen LogP contribution in [0.25, 0.3) is 16.9 Å². The van der Waals surface area contributed by atoms with Gasteiger partial charge in [-0.25, -0.2) is 13.5 Å². The third-order valence-corrected chi connectivity index (χ3v) is 3.47. The van der Waals surface area contributed by atoms with E-state index in [1.54, 1.807) is 4.68 Å². The lowest BCUT2D eigenvalue weighted by atomic mass is 10.1. The molecule has 0 saturated heterocycles. The summed E-state index contributed by atoms with van der Waals surface area (Å²) in [5, 5.41) is 8.17. The Morgan fingerprint density at radius 3 is 2.55 bits per heavy atom. The topological polar surface area (TPSA) is 56.7 Å². The van der Waals surface area contributed by atoms with Gasteiger partial charge in [-0.2, -0.15) is 0 Å². The zero-order valence-electron chi connectivity index (χ0n) is 11.9. The van der Waals surface area contributed by atoms with E-state index in [-0.39, 0.29) is 6.54 Å². The van der Waals surface area contributed by atoms with Crippen molar-refractivity contribution in [2.45, 2.75) is 13.5 Å².